The van der Waals surface area contributed by atoms with Gasteiger partial charge in [0.05, 0.1) is 11.6 Å². The van der Waals surface area contributed by atoms with Crippen LogP contribution in [-0.4, -0.2) is 58.5 Å². The minimum absolute atomic E-state index is 0.293. The number of nitrogens with zero attached hydrogens (tertiary/aromatic N) is 6. The molecule has 1 aliphatic rings. The van der Waals surface area contributed by atoms with Gasteiger partial charge >= 0.3 is 0 Å². The molecule has 1 fully saturated rings. The standard InChI is InChI=1S/C16H23N7S/c1-12(14-21-13(2)11-24-14)10-20-15(17)22-6-8-23(9-7-22)16-18-4-3-5-19-16/h3-5,11-12H,6-10H2,1-2H3,(H2,17,20). The number of guanidine groups is 1. The molecule has 0 radical (unpaired) electrons. The SMILES string of the molecule is Cc1csc(C(C)CN=C(N)N2CCN(c3ncccn3)CC2)n1. The number of aromatic nitrogens is 3. The first-order chi connectivity index (χ1) is 11.6. The van der Waals surface area contributed by atoms with Crippen LogP contribution in [0.1, 0.15) is 23.5 Å². The molecule has 0 saturated carbocycles. The van der Waals surface area contributed by atoms with Crippen LogP contribution in [0.3, 0.4) is 0 Å². The van der Waals surface area contributed by atoms with Gasteiger partial charge in [0, 0.05) is 55.6 Å². The molecule has 24 heavy (non-hydrogen) atoms. The van der Waals surface area contributed by atoms with Crippen LogP contribution in [0.15, 0.2) is 28.8 Å². The van der Waals surface area contributed by atoms with Gasteiger partial charge in [0.1, 0.15) is 0 Å². The van der Waals surface area contributed by atoms with Crippen LogP contribution in [-0.2, 0) is 0 Å². The lowest BCUT2D eigenvalue weighted by molar-refractivity contribution is 0.378. The Labute approximate surface area is 146 Å². The molecular formula is C16H23N7S. The molecule has 2 aromatic heterocycles. The number of piperazine rings is 1. The molecule has 128 valence electrons. The van der Waals surface area contributed by atoms with Gasteiger partial charge in [0.25, 0.3) is 0 Å². The van der Waals surface area contributed by atoms with Crippen molar-refractivity contribution in [2.75, 3.05) is 37.6 Å². The summed E-state index contributed by atoms with van der Waals surface area (Å²) < 4.78 is 0. The Morgan fingerprint density at radius 3 is 2.62 bits per heavy atom. The van der Waals surface area contributed by atoms with E-state index in [-0.39, 0.29) is 0 Å². The van der Waals surface area contributed by atoms with Crippen molar-refractivity contribution in [2.45, 2.75) is 19.8 Å². The van der Waals surface area contributed by atoms with Crippen molar-refractivity contribution in [3.63, 3.8) is 0 Å². The highest BCUT2D eigenvalue weighted by molar-refractivity contribution is 7.09. The average Bonchev–Trinajstić information content (AvgIpc) is 3.07. The zero-order chi connectivity index (χ0) is 16.9. The van der Waals surface area contributed by atoms with E-state index in [1.165, 1.54) is 0 Å². The number of rotatable bonds is 4. The summed E-state index contributed by atoms with van der Waals surface area (Å²) in [5, 5.41) is 3.19. The molecule has 2 aromatic rings. The van der Waals surface area contributed by atoms with Crippen molar-refractivity contribution in [3.8, 4) is 0 Å². The zero-order valence-corrected chi connectivity index (χ0v) is 14.9. The maximum atomic E-state index is 6.17. The van der Waals surface area contributed by atoms with Crippen LogP contribution in [0.4, 0.5) is 5.95 Å². The van der Waals surface area contributed by atoms with E-state index in [0.717, 1.165) is 42.8 Å². The van der Waals surface area contributed by atoms with Crippen LogP contribution in [0.25, 0.3) is 0 Å². The van der Waals surface area contributed by atoms with Gasteiger partial charge in [-0.25, -0.2) is 15.0 Å². The molecule has 1 atom stereocenters. The highest BCUT2D eigenvalue weighted by atomic mass is 32.1. The summed E-state index contributed by atoms with van der Waals surface area (Å²) in [6.45, 7) is 8.18. The maximum Gasteiger partial charge on any atom is 0.225 e. The Morgan fingerprint density at radius 1 is 1.29 bits per heavy atom. The third-order valence-electron chi connectivity index (χ3n) is 4.02. The first-order valence-corrected chi connectivity index (χ1v) is 9.00. The summed E-state index contributed by atoms with van der Waals surface area (Å²) in [6, 6.07) is 1.83. The van der Waals surface area contributed by atoms with Gasteiger partial charge in [-0.2, -0.15) is 0 Å². The fourth-order valence-corrected chi connectivity index (χ4v) is 3.44. The molecule has 0 spiro atoms. The maximum absolute atomic E-state index is 6.17. The number of anilines is 1. The molecular weight excluding hydrogens is 322 g/mol. The molecule has 0 aliphatic carbocycles. The molecule has 0 bridgehead atoms. The van der Waals surface area contributed by atoms with Gasteiger partial charge in [-0.05, 0) is 13.0 Å². The fourth-order valence-electron chi connectivity index (χ4n) is 2.60. The van der Waals surface area contributed by atoms with Gasteiger partial charge in [0.15, 0.2) is 5.96 Å². The number of hydrogen-bond acceptors (Lipinski definition) is 6. The fraction of sp³-hybridized carbons (Fsp3) is 0.500. The number of nitrogens with two attached hydrogens (primary N) is 1. The van der Waals surface area contributed by atoms with E-state index < -0.39 is 0 Å². The molecule has 1 unspecified atom stereocenters. The van der Waals surface area contributed by atoms with E-state index in [1.54, 1.807) is 23.7 Å². The van der Waals surface area contributed by atoms with Gasteiger partial charge in [-0.1, -0.05) is 6.92 Å². The predicted octanol–water partition coefficient (Wildman–Crippen LogP) is 1.48. The lowest BCUT2D eigenvalue weighted by Crippen LogP contribution is -2.51. The number of thiazole rings is 1. The second-order valence-electron chi connectivity index (χ2n) is 5.95. The van der Waals surface area contributed by atoms with E-state index in [2.05, 4.69) is 42.0 Å². The molecule has 0 amide bonds. The van der Waals surface area contributed by atoms with E-state index in [0.29, 0.717) is 18.4 Å². The predicted molar refractivity (Wildman–Crippen MR) is 97.6 cm³/mol. The largest absolute Gasteiger partial charge is 0.370 e. The minimum atomic E-state index is 0.293. The zero-order valence-electron chi connectivity index (χ0n) is 14.1. The van der Waals surface area contributed by atoms with Crippen molar-refractivity contribution in [3.05, 3.63) is 34.5 Å². The molecule has 2 N–H and O–H groups in total. The number of aliphatic imine (C=N–C) groups is 1. The second kappa shape index (κ2) is 7.57. The van der Waals surface area contributed by atoms with E-state index in [1.807, 2.05) is 13.0 Å². The molecule has 7 nitrogen and oxygen atoms in total. The second-order valence-corrected chi connectivity index (χ2v) is 6.84. The third kappa shape index (κ3) is 4.00. The average molecular weight is 345 g/mol. The molecule has 3 rings (SSSR count). The third-order valence-corrected chi connectivity index (χ3v) is 5.22. The van der Waals surface area contributed by atoms with Gasteiger partial charge in [-0.15, -0.1) is 11.3 Å². The first-order valence-electron chi connectivity index (χ1n) is 8.12. The van der Waals surface area contributed by atoms with E-state index in [4.69, 9.17) is 5.73 Å². The van der Waals surface area contributed by atoms with Crippen molar-refractivity contribution in [2.24, 2.45) is 10.7 Å². The normalized spacial score (nSPS) is 17.2. The monoisotopic (exact) mass is 345 g/mol. The van der Waals surface area contributed by atoms with E-state index in [9.17, 15) is 0 Å². The Bertz CT molecular complexity index is 677. The van der Waals surface area contributed by atoms with Crippen molar-refractivity contribution >= 4 is 23.2 Å². The molecule has 1 saturated heterocycles. The van der Waals surface area contributed by atoms with Crippen LogP contribution in [0, 0.1) is 6.92 Å². The van der Waals surface area contributed by atoms with Gasteiger partial charge in [-0.3, -0.25) is 4.99 Å². The van der Waals surface area contributed by atoms with Crippen LogP contribution < -0.4 is 10.6 Å². The van der Waals surface area contributed by atoms with Crippen molar-refractivity contribution in [1.82, 2.24) is 19.9 Å². The Kier molecular flexibility index (Phi) is 5.24. The molecule has 0 aromatic carbocycles. The Morgan fingerprint density at radius 2 is 2.00 bits per heavy atom. The first kappa shape index (κ1) is 16.6. The molecule has 1 aliphatic heterocycles. The van der Waals surface area contributed by atoms with Crippen LogP contribution >= 0.6 is 11.3 Å². The summed E-state index contributed by atoms with van der Waals surface area (Å²) in [4.78, 5) is 22.0. The smallest absolute Gasteiger partial charge is 0.225 e. The minimum Gasteiger partial charge on any atom is -0.370 e. The van der Waals surface area contributed by atoms with Crippen molar-refractivity contribution in [1.29, 1.82) is 0 Å². The van der Waals surface area contributed by atoms with Gasteiger partial charge < -0.3 is 15.5 Å². The van der Waals surface area contributed by atoms with Gasteiger partial charge in [0.2, 0.25) is 5.95 Å². The van der Waals surface area contributed by atoms with E-state index >= 15 is 0 Å². The Hall–Kier alpha value is -2.22. The molecule has 8 heteroatoms. The summed E-state index contributed by atoms with van der Waals surface area (Å²) in [5.74, 6) is 1.69. The summed E-state index contributed by atoms with van der Waals surface area (Å²) >= 11 is 1.69. The highest BCUT2D eigenvalue weighted by Gasteiger charge is 2.20. The summed E-state index contributed by atoms with van der Waals surface area (Å²) in [6.07, 6.45) is 3.54. The van der Waals surface area contributed by atoms with Crippen LogP contribution in [0.2, 0.25) is 0 Å². The summed E-state index contributed by atoms with van der Waals surface area (Å²) in [5.41, 5.74) is 7.24. The topological polar surface area (TPSA) is 83.5 Å². The Balaban J connectivity index is 1.52. The number of aryl methyl sites for hydroxylation is 1. The molecule has 3 heterocycles. The quantitative estimate of drug-likeness (QED) is 0.667. The number of hydrogen-bond donors (Lipinski definition) is 1. The lowest BCUT2D eigenvalue weighted by atomic mass is 10.2. The lowest BCUT2D eigenvalue weighted by Gasteiger charge is -2.35. The summed E-state index contributed by atoms with van der Waals surface area (Å²) in [7, 11) is 0. The van der Waals surface area contributed by atoms with Crippen LogP contribution in [0.5, 0.6) is 0 Å². The van der Waals surface area contributed by atoms with Crippen molar-refractivity contribution < 1.29 is 0 Å². The highest BCUT2D eigenvalue weighted by Crippen LogP contribution is 2.20.